The number of nitrogens with zero attached hydrogens (tertiary/aromatic N) is 1. The van der Waals surface area contributed by atoms with E-state index in [9.17, 15) is 24.6 Å². The predicted octanol–water partition coefficient (Wildman–Crippen LogP) is 4.33. The molecule has 2 saturated carbocycles. The van der Waals surface area contributed by atoms with Crippen molar-refractivity contribution in [3.8, 4) is 0 Å². The number of ether oxygens (including phenoxy) is 3. The van der Waals surface area contributed by atoms with Gasteiger partial charge in [-0.2, -0.15) is 0 Å². The molecular formula is C44H68N4O8S2. The van der Waals surface area contributed by atoms with Gasteiger partial charge in [-0.05, 0) is 115 Å². The van der Waals surface area contributed by atoms with E-state index in [-0.39, 0.29) is 96.9 Å². The molecule has 5 saturated heterocycles. The van der Waals surface area contributed by atoms with E-state index in [1.807, 2.05) is 28.5 Å². The number of allylic oxidation sites excluding steroid dienone is 1. The Kier molecular flexibility index (Phi) is 13.1. The van der Waals surface area contributed by atoms with Crippen LogP contribution < -0.4 is 16.4 Å². The van der Waals surface area contributed by atoms with Gasteiger partial charge < -0.3 is 45.7 Å². The molecule has 324 valence electrons. The minimum absolute atomic E-state index is 0.0134. The largest absolute Gasteiger partial charge is 0.462 e. The van der Waals surface area contributed by atoms with E-state index >= 15 is 0 Å². The number of hydrogen-bond donors (Lipinski definition) is 5. The molecule has 8 unspecified atom stereocenters. The first-order chi connectivity index (χ1) is 27.9. The topological polar surface area (TPSA) is 173 Å². The molecular weight excluding hydrogens is 777 g/mol. The molecule has 3 aliphatic carbocycles. The molecule has 5 aliphatic heterocycles. The van der Waals surface area contributed by atoms with Crippen LogP contribution in [0.2, 0.25) is 0 Å². The lowest BCUT2D eigenvalue weighted by Crippen LogP contribution is -2.70. The molecule has 0 bridgehead atoms. The molecule has 0 aromatic carbocycles. The minimum Gasteiger partial charge on any atom is -0.462 e. The summed E-state index contributed by atoms with van der Waals surface area (Å²) in [5.74, 6) is 0.904. The fraction of sp³-hybridized carbons (Fsp3) is 0.841. The Morgan fingerprint density at radius 1 is 1.16 bits per heavy atom. The molecule has 58 heavy (non-hydrogen) atoms. The fourth-order valence-corrected chi connectivity index (χ4v) is 16.0. The lowest BCUT2D eigenvalue weighted by molar-refractivity contribution is -0.229. The molecule has 0 radical (unpaired) electrons. The molecule has 1 amide bonds. The number of rotatable bonds is 9. The van der Waals surface area contributed by atoms with E-state index in [1.54, 1.807) is 13.0 Å². The van der Waals surface area contributed by atoms with Crippen molar-refractivity contribution in [3.05, 3.63) is 23.3 Å². The van der Waals surface area contributed by atoms with Gasteiger partial charge in [0.1, 0.15) is 17.3 Å². The lowest BCUT2D eigenvalue weighted by atomic mass is 9.56. The molecule has 14 heteroatoms. The fourth-order valence-electron chi connectivity index (χ4n) is 12.9. The number of hydrogen-bond acceptors (Lipinski definition) is 13. The van der Waals surface area contributed by atoms with Crippen molar-refractivity contribution in [1.82, 2.24) is 15.5 Å². The number of nitrogens with one attached hydrogen (secondary N) is 2. The van der Waals surface area contributed by atoms with Gasteiger partial charge in [0.05, 0.1) is 24.2 Å². The molecule has 1 spiro atoms. The maximum Gasteiger partial charge on any atom is 0.334 e. The first-order valence-electron chi connectivity index (χ1n) is 22.3. The Hall–Kier alpha value is -1.65. The number of carbonyl (C=O) groups is 3. The normalized spacial score (nSPS) is 44.5. The number of aliphatic hydroxyl groups is 2. The monoisotopic (exact) mass is 844 g/mol. The number of amides is 1. The van der Waals surface area contributed by atoms with Crippen LogP contribution >= 0.6 is 21.6 Å². The summed E-state index contributed by atoms with van der Waals surface area (Å²) in [6.07, 6.45) is 12.0. The third-order valence-corrected chi connectivity index (χ3v) is 19.0. The van der Waals surface area contributed by atoms with Gasteiger partial charge in [-0.25, -0.2) is 4.79 Å². The summed E-state index contributed by atoms with van der Waals surface area (Å²) in [5, 5.41) is 27.0. The van der Waals surface area contributed by atoms with Crippen LogP contribution in [-0.4, -0.2) is 119 Å². The second-order valence-corrected chi connectivity index (χ2v) is 21.9. The van der Waals surface area contributed by atoms with Crippen molar-refractivity contribution < 1.29 is 38.8 Å². The summed E-state index contributed by atoms with van der Waals surface area (Å²) in [7, 11) is 5.92. The molecule has 8 rings (SSSR count). The highest BCUT2D eigenvalue weighted by atomic mass is 33.1. The van der Waals surface area contributed by atoms with Crippen molar-refractivity contribution in [2.45, 2.75) is 145 Å². The Bertz CT molecular complexity index is 1620. The Morgan fingerprint density at radius 2 is 1.98 bits per heavy atom. The third kappa shape index (κ3) is 7.85. The van der Waals surface area contributed by atoms with Gasteiger partial charge in [-0.1, -0.05) is 39.3 Å². The number of aliphatic hydroxyl groups excluding tert-OH is 2. The minimum atomic E-state index is -0.995. The van der Waals surface area contributed by atoms with Gasteiger partial charge in [0.2, 0.25) is 5.91 Å². The van der Waals surface area contributed by atoms with Crippen LogP contribution in [0.15, 0.2) is 23.3 Å². The molecule has 12 nitrogen and oxygen atoms in total. The maximum absolute atomic E-state index is 14.5. The second kappa shape index (κ2) is 17.6. The van der Waals surface area contributed by atoms with E-state index in [2.05, 4.69) is 35.6 Å². The first-order valence-corrected chi connectivity index (χ1v) is 24.7. The highest BCUT2D eigenvalue weighted by Gasteiger charge is 2.68. The molecule has 8 aliphatic rings. The van der Waals surface area contributed by atoms with Crippen LogP contribution in [-0.2, 0) is 28.6 Å². The van der Waals surface area contributed by atoms with Gasteiger partial charge >= 0.3 is 11.9 Å². The molecule has 5 heterocycles. The average Bonchev–Trinajstić information content (AvgIpc) is 3.56. The van der Waals surface area contributed by atoms with Crippen molar-refractivity contribution >= 4 is 39.4 Å². The lowest BCUT2D eigenvalue weighted by Gasteiger charge is -2.59. The van der Waals surface area contributed by atoms with Gasteiger partial charge in [0.15, 0.2) is 0 Å². The smallest absolute Gasteiger partial charge is 0.334 e. The van der Waals surface area contributed by atoms with Crippen LogP contribution in [0.25, 0.3) is 0 Å². The zero-order valence-corrected chi connectivity index (χ0v) is 36.6. The number of fused-ring (bicyclic) bond motifs is 6. The van der Waals surface area contributed by atoms with Gasteiger partial charge in [0, 0.05) is 80.0 Å². The standard InChI is InChI=1S/C44H68N4O8S2/c1-5-24(2)41(52)56-43(3)11-10-26-23-57-58-36-9-8-33(46-4)32-21-48(40(32)36)38(51)16-30-20-47-37(45)17-31(30)39(26)44(43)19-29-15-27-14-28(13-25(22-50)7-6-12-49)42(53)54-34(27)18-35(29)55-44/h5,10,25,27-37,39-40,46-47,49-50H,6-9,11-23,45H2,1-4H3/t25-,27?,28?,29?,30?,31?,32+,33+,34?,35?,36+,37?,39+,40+,43+,44+/m1/s1. The first kappa shape index (κ1) is 43.0. The number of piperidine rings is 1. The molecule has 0 aromatic heterocycles. The van der Waals surface area contributed by atoms with Gasteiger partial charge in [-0.3, -0.25) is 9.59 Å². The zero-order valence-electron chi connectivity index (χ0n) is 34.9. The van der Waals surface area contributed by atoms with E-state index < -0.39 is 11.2 Å². The van der Waals surface area contributed by atoms with Crippen LogP contribution in [0.4, 0.5) is 0 Å². The van der Waals surface area contributed by atoms with Crippen LogP contribution in [0.3, 0.4) is 0 Å². The quantitative estimate of drug-likeness (QED) is 0.0963. The SMILES string of the molecule is CC=C(C)C(=O)O[C@@]1(C)CC=C2CSS[C@H]3CC[C@H](NC)[C@@H]4CN(C(=O)CC5CNC(N)CC5[C@H]2[C@@]12CC1CC5CC(C[C@H](CO)CCCO)C(=O)OC5CC1O2)[C@@H]43. The van der Waals surface area contributed by atoms with Crippen LogP contribution in [0.1, 0.15) is 97.8 Å². The van der Waals surface area contributed by atoms with Crippen molar-refractivity contribution in [1.29, 1.82) is 0 Å². The number of carbonyl (C=O) groups excluding carboxylic acids is 3. The highest BCUT2D eigenvalue weighted by molar-refractivity contribution is 8.77. The Morgan fingerprint density at radius 3 is 2.74 bits per heavy atom. The summed E-state index contributed by atoms with van der Waals surface area (Å²) in [6, 6.07) is 0.694. The van der Waals surface area contributed by atoms with Crippen LogP contribution in [0, 0.1) is 47.3 Å². The van der Waals surface area contributed by atoms with Crippen molar-refractivity contribution in [3.63, 3.8) is 0 Å². The zero-order chi connectivity index (χ0) is 40.9. The van der Waals surface area contributed by atoms with E-state index in [4.69, 9.17) is 19.9 Å². The average molecular weight is 845 g/mol. The Labute approximate surface area is 352 Å². The maximum atomic E-state index is 14.5. The summed E-state index contributed by atoms with van der Waals surface area (Å²) >= 11 is 0. The van der Waals surface area contributed by atoms with Crippen molar-refractivity contribution in [2.24, 2.45) is 53.1 Å². The molecule has 0 aromatic rings. The summed E-state index contributed by atoms with van der Waals surface area (Å²) < 4.78 is 20.6. The second-order valence-electron chi connectivity index (χ2n) is 19.3. The summed E-state index contributed by atoms with van der Waals surface area (Å²) in [6.45, 7) is 7.23. The predicted molar refractivity (Wildman–Crippen MR) is 225 cm³/mol. The highest BCUT2D eigenvalue weighted by Crippen LogP contribution is 2.62. The van der Waals surface area contributed by atoms with E-state index in [0.717, 1.165) is 31.6 Å². The number of esters is 2. The van der Waals surface area contributed by atoms with Crippen molar-refractivity contribution in [2.75, 3.05) is 39.1 Å². The summed E-state index contributed by atoms with van der Waals surface area (Å²) in [5.41, 5.74) is 6.80. The summed E-state index contributed by atoms with van der Waals surface area (Å²) in [4.78, 5) is 44.0. The molecule has 7 fully saturated rings. The van der Waals surface area contributed by atoms with E-state index in [0.29, 0.717) is 87.1 Å². The van der Waals surface area contributed by atoms with Gasteiger partial charge in [-0.15, -0.1) is 0 Å². The molecule has 6 N–H and O–H groups in total. The molecule has 16 atom stereocenters. The number of nitrogens with two attached hydrogens (primary N) is 1. The van der Waals surface area contributed by atoms with Crippen LogP contribution in [0.5, 0.6) is 0 Å². The van der Waals surface area contributed by atoms with E-state index in [1.165, 1.54) is 5.57 Å². The Balaban J connectivity index is 1.13. The third-order valence-electron chi connectivity index (χ3n) is 16.1. The van der Waals surface area contributed by atoms with Gasteiger partial charge in [0.25, 0.3) is 0 Å².